The van der Waals surface area contributed by atoms with E-state index >= 15 is 0 Å². The van der Waals surface area contributed by atoms with Crippen LogP contribution in [0.25, 0.3) is 0 Å². The Morgan fingerprint density at radius 3 is 1.96 bits per heavy atom. The molecule has 1 aliphatic rings. The lowest BCUT2D eigenvalue weighted by molar-refractivity contribution is -0.114. The Morgan fingerprint density at radius 2 is 1.46 bits per heavy atom. The average Bonchev–Trinajstić information content (AvgIpc) is 2.79. The summed E-state index contributed by atoms with van der Waals surface area (Å²) in [5.41, 5.74) is 2.89. The summed E-state index contributed by atoms with van der Waals surface area (Å²) in [6.07, 6.45) is 0. The second-order valence-electron chi connectivity index (χ2n) is 9.42. The van der Waals surface area contributed by atoms with Gasteiger partial charge in [0.15, 0.2) is 0 Å². The molecule has 0 radical (unpaired) electrons. The van der Waals surface area contributed by atoms with E-state index in [4.69, 9.17) is 11.6 Å². The first-order chi connectivity index (χ1) is 12.8. The van der Waals surface area contributed by atoms with E-state index in [1.807, 2.05) is 53.7 Å². The standard InChI is InChI=1S/C23H26ClNO3/c1-22(2,3)16-9-13(10-17(20(16)27)23(4,5)6)12-25-18-8-7-14(24)11-15(18)19(26)21(25)28/h7-11,27H,12H2,1-6H3. The van der Waals surface area contributed by atoms with Crippen molar-refractivity contribution in [3.05, 3.63) is 57.6 Å². The van der Waals surface area contributed by atoms with Crippen LogP contribution in [-0.4, -0.2) is 16.8 Å². The van der Waals surface area contributed by atoms with Crippen LogP contribution in [-0.2, 0) is 22.2 Å². The molecule has 0 spiro atoms. The van der Waals surface area contributed by atoms with Crippen molar-refractivity contribution in [3.63, 3.8) is 0 Å². The number of fused-ring (bicyclic) bond motifs is 1. The highest BCUT2D eigenvalue weighted by Crippen LogP contribution is 2.41. The predicted octanol–water partition coefficient (Wildman–Crippen LogP) is 5.37. The molecule has 0 atom stereocenters. The number of ketones is 1. The van der Waals surface area contributed by atoms with Crippen molar-refractivity contribution in [3.8, 4) is 5.75 Å². The van der Waals surface area contributed by atoms with Gasteiger partial charge in [-0.15, -0.1) is 0 Å². The van der Waals surface area contributed by atoms with E-state index in [1.54, 1.807) is 12.1 Å². The lowest BCUT2D eigenvalue weighted by atomic mass is 9.78. The van der Waals surface area contributed by atoms with Crippen LogP contribution < -0.4 is 4.90 Å². The van der Waals surface area contributed by atoms with Crippen molar-refractivity contribution in [2.24, 2.45) is 0 Å². The fraction of sp³-hybridized carbons (Fsp3) is 0.391. The molecule has 0 aliphatic carbocycles. The molecule has 0 aromatic heterocycles. The molecule has 2 aromatic carbocycles. The van der Waals surface area contributed by atoms with Crippen molar-refractivity contribution >= 4 is 29.0 Å². The first kappa shape index (κ1) is 20.4. The minimum Gasteiger partial charge on any atom is -0.507 e. The zero-order valence-corrected chi connectivity index (χ0v) is 17.9. The fourth-order valence-electron chi connectivity index (χ4n) is 3.54. The molecule has 1 heterocycles. The van der Waals surface area contributed by atoms with Gasteiger partial charge in [-0.25, -0.2) is 0 Å². The largest absolute Gasteiger partial charge is 0.507 e. The minimum atomic E-state index is -0.556. The van der Waals surface area contributed by atoms with E-state index in [0.717, 1.165) is 16.7 Å². The first-order valence-corrected chi connectivity index (χ1v) is 9.71. The van der Waals surface area contributed by atoms with Gasteiger partial charge in [0, 0.05) is 5.02 Å². The van der Waals surface area contributed by atoms with Gasteiger partial charge in [-0.2, -0.15) is 0 Å². The number of carbonyl (C=O) groups is 2. The van der Waals surface area contributed by atoms with Crippen LogP contribution in [0.2, 0.25) is 5.02 Å². The van der Waals surface area contributed by atoms with E-state index in [9.17, 15) is 14.7 Å². The summed E-state index contributed by atoms with van der Waals surface area (Å²) in [7, 11) is 0. The van der Waals surface area contributed by atoms with Crippen molar-refractivity contribution < 1.29 is 14.7 Å². The molecule has 1 amide bonds. The second kappa shape index (κ2) is 6.63. The Morgan fingerprint density at radius 1 is 0.929 bits per heavy atom. The van der Waals surface area contributed by atoms with Crippen molar-refractivity contribution in [1.82, 2.24) is 0 Å². The second-order valence-corrected chi connectivity index (χ2v) is 9.86. The quantitative estimate of drug-likeness (QED) is 0.690. The van der Waals surface area contributed by atoms with Crippen molar-refractivity contribution in [2.75, 3.05) is 4.90 Å². The molecule has 1 N–H and O–H groups in total. The lowest BCUT2D eigenvalue weighted by Crippen LogP contribution is -2.29. The highest BCUT2D eigenvalue weighted by Gasteiger charge is 2.36. The van der Waals surface area contributed by atoms with Gasteiger partial charge in [0.05, 0.1) is 17.8 Å². The summed E-state index contributed by atoms with van der Waals surface area (Å²) in [4.78, 5) is 26.4. The average molecular weight is 400 g/mol. The molecule has 148 valence electrons. The van der Waals surface area contributed by atoms with Gasteiger partial charge in [0.25, 0.3) is 11.7 Å². The summed E-state index contributed by atoms with van der Waals surface area (Å²) in [5, 5.41) is 11.3. The van der Waals surface area contributed by atoms with Gasteiger partial charge >= 0.3 is 0 Å². The normalized spacial score (nSPS) is 14.6. The van der Waals surface area contributed by atoms with Gasteiger partial charge in [-0.05, 0) is 57.9 Å². The molecule has 2 aromatic rings. The summed E-state index contributed by atoms with van der Waals surface area (Å²) in [6.45, 7) is 12.5. The maximum atomic E-state index is 12.6. The molecule has 0 saturated carbocycles. The number of anilines is 1. The molecule has 28 heavy (non-hydrogen) atoms. The highest BCUT2D eigenvalue weighted by atomic mass is 35.5. The number of aromatic hydroxyl groups is 1. The fourth-order valence-corrected chi connectivity index (χ4v) is 3.71. The van der Waals surface area contributed by atoms with Gasteiger partial charge in [0.1, 0.15) is 5.75 Å². The number of halogens is 1. The molecular weight excluding hydrogens is 374 g/mol. The van der Waals surface area contributed by atoms with Gasteiger partial charge in [-0.1, -0.05) is 53.1 Å². The molecule has 5 heteroatoms. The number of hydrogen-bond acceptors (Lipinski definition) is 3. The number of nitrogens with zero attached hydrogens (tertiary/aromatic N) is 1. The Labute approximate surface area is 171 Å². The van der Waals surface area contributed by atoms with Gasteiger partial charge in [0.2, 0.25) is 0 Å². The topological polar surface area (TPSA) is 57.6 Å². The van der Waals surface area contributed by atoms with Crippen LogP contribution in [0.5, 0.6) is 5.75 Å². The molecular formula is C23H26ClNO3. The van der Waals surface area contributed by atoms with Crippen LogP contribution in [0, 0.1) is 0 Å². The smallest absolute Gasteiger partial charge is 0.299 e. The number of phenolic OH excluding ortho intramolecular Hbond substituents is 1. The number of amides is 1. The third-order valence-electron chi connectivity index (χ3n) is 5.06. The van der Waals surface area contributed by atoms with Crippen LogP contribution in [0.3, 0.4) is 0 Å². The number of Topliss-reactive ketones (excluding diaryl/α,β-unsaturated/α-hetero) is 1. The molecule has 0 saturated heterocycles. The zero-order valence-electron chi connectivity index (χ0n) is 17.2. The van der Waals surface area contributed by atoms with Gasteiger partial charge in [-0.3, -0.25) is 9.59 Å². The summed E-state index contributed by atoms with van der Waals surface area (Å²) in [6, 6.07) is 8.77. The molecule has 1 aliphatic heterocycles. The third-order valence-corrected chi connectivity index (χ3v) is 5.29. The predicted molar refractivity (Wildman–Crippen MR) is 112 cm³/mol. The number of phenols is 1. The Kier molecular flexibility index (Phi) is 4.83. The number of carbonyl (C=O) groups excluding carboxylic acids is 2. The number of hydrogen-bond donors (Lipinski definition) is 1. The molecule has 0 fully saturated rings. The van der Waals surface area contributed by atoms with Crippen LogP contribution in [0.1, 0.15) is 68.6 Å². The first-order valence-electron chi connectivity index (χ1n) is 9.33. The third kappa shape index (κ3) is 3.53. The number of benzene rings is 2. The molecule has 4 nitrogen and oxygen atoms in total. The van der Waals surface area contributed by atoms with Gasteiger partial charge < -0.3 is 10.0 Å². The molecule has 0 bridgehead atoms. The summed E-state index contributed by atoms with van der Waals surface area (Å²) in [5.74, 6) is -0.803. The van der Waals surface area contributed by atoms with E-state index < -0.39 is 11.7 Å². The van der Waals surface area contributed by atoms with Crippen molar-refractivity contribution in [2.45, 2.75) is 58.9 Å². The van der Waals surface area contributed by atoms with Crippen LogP contribution in [0.4, 0.5) is 5.69 Å². The summed E-state index contributed by atoms with van der Waals surface area (Å²) < 4.78 is 0. The summed E-state index contributed by atoms with van der Waals surface area (Å²) >= 11 is 5.99. The van der Waals surface area contributed by atoms with Crippen molar-refractivity contribution in [1.29, 1.82) is 0 Å². The van der Waals surface area contributed by atoms with E-state index in [1.165, 1.54) is 11.0 Å². The minimum absolute atomic E-state index is 0.256. The van der Waals surface area contributed by atoms with E-state index in [0.29, 0.717) is 22.0 Å². The monoisotopic (exact) mass is 399 g/mol. The van der Waals surface area contributed by atoms with Crippen LogP contribution >= 0.6 is 11.6 Å². The maximum absolute atomic E-state index is 12.6. The lowest BCUT2D eigenvalue weighted by Gasteiger charge is -2.29. The Bertz CT molecular complexity index is 945. The maximum Gasteiger partial charge on any atom is 0.299 e. The SMILES string of the molecule is CC(C)(C)c1cc(CN2C(=O)C(=O)c3cc(Cl)ccc32)cc(C(C)(C)C)c1O. The molecule has 0 unspecified atom stereocenters. The van der Waals surface area contributed by atoms with Crippen LogP contribution in [0.15, 0.2) is 30.3 Å². The highest BCUT2D eigenvalue weighted by molar-refractivity contribution is 6.52. The Hall–Kier alpha value is -2.33. The van der Waals surface area contributed by atoms with E-state index in [2.05, 4.69) is 0 Å². The Balaban J connectivity index is 2.11. The number of rotatable bonds is 2. The molecule has 3 rings (SSSR count). The zero-order chi connectivity index (χ0) is 21.0. The van der Waals surface area contributed by atoms with E-state index in [-0.39, 0.29) is 17.4 Å².